The van der Waals surface area contributed by atoms with E-state index in [1.807, 2.05) is 0 Å². The number of nitrogens with two attached hydrogens (primary N) is 1. The van der Waals surface area contributed by atoms with Gasteiger partial charge in [-0.15, -0.1) is 0 Å². The van der Waals surface area contributed by atoms with Crippen LogP contribution in [-0.2, 0) is 22.2 Å². The van der Waals surface area contributed by atoms with Crippen LogP contribution >= 0.6 is 0 Å². The predicted molar refractivity (Wildman–Crippen MR) is 97.6 cm³/mol. The average Bonchev–Trinajstić information content (AvgIpc) is 2.92. The number of aryl methyl sites for hydroxylation is 1. The first-order valence-corrected chi connectivity index (χ1v) is 9.51. The lowest BCUT2D eigenvalue weighted by atomic mass is 9.43. The molecule has 2 N–H and O–H groups in total. The molecular formula is C20H30BNO2. The monoisotopic (exact) mass is 327 g/mol. The van der Waals surface area contributed by atoms with Gasteiger partial charge in [0.05, 0.1) is 11.7 Å². The van der Waals surface area contributed by atoms with E-state index < -0.39 is 0 Å². The van der Waals surface area contributed by atoms with Gasteiger partial charge in [0.2, 0.25) is 0 Å². The summed E-state index contributed by atoms with van der Waals surface area (Å²) in [5.74, 6) is 1.26. The highest BCUT2D eigenvalue weighted by Gasteiger charge is 2.68. The molecule has 1 heterocycles. The summed E-state index contributed by atoms with van der Waals surface area (Å²) in [6.07, 6.45) is 4.47. The summed E-state index contributed by atoms with van der Waals surface area (Å²) < 4.78 is 12.8. The Kier molecular flexibility index (Phi) is 3.87. The van der Waals surface area contributed by atoms with Gasteiger partial charge in [-0.2, -0.15) is 0 Å². The van der Waals surface area contributed by atoms with E-state index in [2.05, 4.69) is 52.0 Å². The van der Waals surface area contributed by atoms with Crippen molar-refractivity contribution in [3.8, 4) is 0 Å². The molecular weight excluding hydrogens is 297 g/mol. The van der Waals surface area contributed by atoms with E-state index in [-0.39, 0.29) is 24.8 Å². The molecule has 4 aliphatic rings. The molecule has 1 aromatic carbocycles. The molecule has 0 spiro atoms. The van der Waals surface area contributed by atoms with Crippen molar-refractivity contribution in [3.63, 3.8) is 0 Å². The van der Waals surface area contributed by atoms with Crippen molar-refractivity contribution in [2.24, 2.45) is 23.0 Å². The van der Waals surface area contributed by atoms with Gasteiger partial charge in [-0.1, -0.05) is 45.0 Å². The summed E-state index contributed by atoms with van der Waals surface area (Å²) in [4.78, 5) is 0. The summed E-state index contributed by atoms with van der Waals surface area (Å²) in [5.41, 5.74) is 9.34. The van der Waals surface area contributed by atoms with Crippen LogP contribution in [0, 0.1) is 17.3 Å². The fourth-order valence-electron chi connectivity index (χ4n) is 5.43. The number of benzene rings is 1. The zero-order chi connectivity index (χ0) is 17.1. The topological polar surface area (TPSA) is 44.5 Å². The van der Waals surface area contributed by atoms with Gasteiger partial charge in [0.15, 0.2) is 0 Å². The fraction of sp³-hybridized carbons (Fsp3) is 0.700. The van der Waals surface area contributed by atoms with Gasteiger partial charge >= 0.3 is 7.12 Å². The average molecular weight is 327 g/mol. The van der Waals surface area contributed by atoms with Gasteiger partial charge in [-0.3, -0.25) is 0 Å². The van der Waals surface area contributed by atoms with E-state index in [0.29, 0.717) is 11.3 Å². The van der Waals surface area contributed by atoms with Gasteiger partial charge in [0.1, 0.15) is 0 Å². The van der Waals surface area contributed by atoms with Crippen LogP contribution in [0.5, 0.6) is 0 Å². The normalized spacial score (nSPS) is 37.7. The SMILES string of the molecule is CCc1cccc(C[C@H](N)B2O[C@@H]3C[C@@H]4C[C@@H](C4(C)C)[C@]3(C)O2)c1. The fourth-order valence-corrected chi connectivity index (χ4v) is 5.43. The second-order valence-corrected chi connectivity index (χ2v) is 8.88. The lowest BCUT2D eigenvalue weighted by Gasteiger charge is -2.64. The maximum atomic E-state index is 6.49. The quantitative estimate of drug-likeness (QED) is 0.862. The molecule has 1 saturated heterocycles. The van der Waals surface area contributed by atoms with E-state index >= 15 is 0 Å². The van der Waals surface area contributed by atoms with E-state index in [9.17, 15) is 0 Å². The second-order valence-electron chi connectivity index (χ2n) is 8.88. The number of rotatable bonds is 4. The van der Waals surface area contributed by atoms with Crippen molar-refractivity contribution in [1.29, 1.82) is 0 Å². The molecule has 4 fully saturated rings. The van der Waals surface area contributed by atoms with Crippen molar-refractivity contribution in [2.45, 2.75) is 71.0 Å². The van der Waals surface area contributed by atoms with Gasteiger partial charge in [0.25, 0.3) is 0 Å². The van der Waals surface area contributed by atoms with Crippen molar-refractivity contribution in [2.75, 3.05) is 0 Å². The molecule has 0 aromatic heterocycles. The third-order valence-corrected chi connectivity index (χ3v) is 7.19. The molecule has 1 aliphatic heterocycles. The minimum Gasteiger partial charge on any atom is -0.404 e. The summed E-state index contributed by atoms with van der Waals surface area (Å²) >= 11 is 0. The lowest BCUT2D eigenvalue weighted by Crippen LogP contribution is -2.65. The first kappa shape index (κ1) is 16.6. The second kappa shape index (κ2) is 5.58. The summed E-state index contributed by atoms with van der Waals surface area (Å²) in [6, 6.07) is 8.70. The Hall–Kier alpha value is -0.835. The molecule has 3 aliphatic carbocycles. The van der Waals surface area contributed by atoms with Crippen LogP contribution in [-0.4, -0.2) is 24.8 Å². The van der Waals surface area contributed by atoms with Gasteiger partial charge in [0, 0.05) is 5.94 Å². The Labute approximate surface area is 146 Å². The third kappa shape index (κ3) is 2.38. The van der Waals surface area contributed by atoms with Gasteiger partial charge in [-0.05, 0) is 61.0 Å². The first-order valence-electron chi connectivity index (χ1n) is 9.51. The Morgan fingerprint density at radius 2 is 2.00 bits per heavy atom. The van der Waals surface area contributed by atoms with E-state index in [4.69, 9.17) is 15.0 Å². The molecule has 130 valence electrons. The Morgan fingerprint density at radius 1 is 1.25 bits per heavy atom. The van der Waals surface area contributed by atoms with Gasteiger partial charge in [-0.25, -0.2) is 0 Å². The van der Waals surface area contributed by atoms with Crippen molar-refractivity contribution >= 4 is 7.12 Å². The molecule has 3 saturated carbocycles. The smallest absolute Gasteiger partial charge is 0.404 e. The lowest BCUT2D eigenvalue weighted by molar-refractivity contribution is -0.199. The van der Waals surface area contributed by atoms with Crippen LogP contribution in [0.3, 0.4) is 0 Å². The minimum atomic E-state index is -0.277. The van der Waals surface area contributed by atoms with Crippen LogP contribution in [0.1, 0.15) is 51.7 Å². The Balaban J connectivity index is 1.46. The number of hydrogen-bond acceptors (Lipinski definition) is 3. The molecule has 0 unspecified atom stereocenters. The molecule has 4 heteroatoms. The third-order valence-electron chi connectivity index (χ3n) is 7.19. The maximum Gasteiger partial charge on any atom is 0.475 e. The highest BCUT2D eigenvalue weighted by atomic mass is 16.7. The van der Waals surface area contributed by atoms with Crippen LogP contribution in [0.25, 0.3) is 0 Å². The molecule has 5 atom stereocenters. The molecule has 2 bridgehead atoms. The largest absolute Gasteiger partial charge is 0.475 e. The molecule has 1 aromatic rings. The summed E-state index contributed by atoms with van der Waals surface area (Å²) in [6.45, 7) is 9.21. The molecule has 5 rings (SSSR count). The first-order chi connectivity index (χ1) is 11.3. The van der Waals surface area contributed by atoms with Crippen LogP contribution in [0.2, 0.25) is 0 Å². The van der Waals surface area contributed by atoms with Crippen LogP contribution in [0.15, 0.2) is 24.3 Å². The van der Waals surface area contributed by atoms with E-state index in [0.717, 1.165) is 25.2 Å². The highest BCUT2D eigenvalue weighted by Crippen LogP contribution is 2.65. The standard InChI is InChI=1S/C20H30BNO2/c1-5-13-7-6-8-14(9-13)10-18(22)21-23-17-12-15-11-16(19(15,2)3)20(17,4)24-21/h6-9,15-18H,5,10-12,22H2,1-4H3/t15-,16-,17+,18-,20-/m0/s1. The van der Waals surface area contributed by atoms with Crippen molar-refractivity contribution in [1.82, 2.24) is 0 Å². The highest BCUT2D eigenvalue weighted by molar-refractivity contribution is 6.47. The van der Waals surface area contributed by atoms with Crippen LogP contribution < -0.4 is 5.73 Å². The van der Waals surface area contributed by atoms with E-state index in [1.54, 1.807) is 0 Å². The van der Waals surface area contributed by atoms with Crippen LogP contribution in [0.4, 0.5) is 0 Å². The Morgan fingerprint density at radius 3 is 2.71 bits per heavy atom. The maximum absolute atomic E-state index is 6.49. The minimum absolute atomic E-state index is 0.111. The zero-order valence-corrected chi connectivity index (χ0v) is 15.4. The molecule has 3 nitrogen and oxygen atoms in total. The Bertz CT molecular complexity index is 634. The van der Waals surface area contributed by atoms with Crippen molar-refractivity contribution in [3.05, 3.63) is 35.4 Å². The molecule has 0 radical (unpaired) electrons. The summed E-state index contributed by atoms with van der Waals surface area (Å²) in [7, 11) is -0.277. The van der Waals surface area contributed by atoms with E-state index in [1.165, 1.54) is 17.5 Å². The predicted octanol–water partition coefficient (Wildman–Crippen LogP) is 3.39. The molecule has 24 heavy (non-hydrogen) atoms. The molecule has 0 amide bonds. The van der Waals surface area contributed by atoms with Gasteiger partial charge < -0.3 is 15.0 Å². The zero-order valence-electron chi connectivity index (χ0n) is 15.4. The summed E-state index contributed by atoms with van der Waals surface area (Å²) in [5, 5.41) is 0. The van der Waals surface area contributed by atoms with Crippen molar-refractivity contribution < 1.29 is 9.31 Å². The number of hydrogen-bond donors (Lipinski definition) is 1.